The molecular weight excluding hydrogens is 280 g/mol. The molecule has 1 atom stereocenters. The van der Waals surface area contributed by atoms with Crippen molar-refractivity contribution in [2.24, 2.45) is 5.73 Å². The van der Waals surface area contributed by atoms with E-state index in [0.29, 0.717) is 26.1 Å². The first kappa shape index (κ1) is 16.5. The second-order valence-electron chi connectivity index (χ2n) is 5.53. The van der Waals surface area contributed by atoms with E-state index in [1.807, 2.05) is 30.3 Å². The van der Waals surface area contributed by atoms with E-state index in [2.05, 4.69) is 10.6 Å². The number of rotatable bonds is 5. The monoisotopic (exact) mass is 304 g/mol. The maximum Gasteiger partial charge on any atom is 0.318 e. The summed E-state index contributed by atoms with van der Waals surface area (Å²) in [7, 11) is 1.58. The summed E-state index contributed by atoms with van der Waals surface area (Å²) in [5.74, 6) is -0.0979. The van der Waals surface area contributed by atoms with Gasteiger partial charge in [0.05, 0.1) is 6.54 Å². The molecule has 1 saturated heterocycles. The Hall–Kier alpha value is -1.92. The van der Waals surface area contributed by atoms with Crippen LogP contribution in [0.15, 0.2) is 30.3 Å². The van der Waals surface area contributed by atoms with Gasteiger partial charge in [0.15, 0.2) is 5.78 Å². The van der Waals surface area contributed by atoms with Crippen molar-refractivity contribution >= 4 is 11.8 Å². The number of nitrogens with one attached hydrogen (secondary N) is 2. The van der Waals surface area contributed by atoms with Gasteiger partial charge < -0.3 is 21.3 Å². The third-order valence-electron chi connectivity index (χ3n) is 4.28. The van der Waals surface area contributed by atoms with Gasteiger partial charge in [0.25, 0.3) is 0 Å². The van der Waals surface area contributed by atoms with Crippen LogP contribution in [0.2, 0.25) is 0 Å². The molecule has 0 radical (unpaired) electrons. The lowest BCUT2D eigenvalue weighted by Crippen LogP contribution is -2.69. The molecule has 0 bridgehead atoms. The zero-order chi connectivity index (χ0) is 16.0. The molecule has 0 unspecified atom stereocenters. The Kier molecular flexibility index (Phi) is 5.51. The number of piperazine rings is 1. The number of aryl methyl sites for hydroxylation is 1. The summed E-state index contributed by atoms with van der Waals surface area (Å²) >= 11 is 0. The minimum atomic E-state index is -0.872. The lowest BCUT2D eigenvalue weighted by molar-refractivity contribution is -0.129. The number of benzene rings is 1. The van der Waals surface area contributed by atoms with Gasteiger partial charge in [-0.15, -0.1) is 0 Å². The standard InChI is InChI=1S/C16H24N4O2/c1-18-15(22)20-10-9-19-12-16(20,14(21)11-17)8-7-13-5-3-2-4-6-13/h2-6,19H,7-12,17H2,1H3,(H,18,22)/t16-/m0/s1. The van der Waals surface area contributed by atoms with Gasteiger partial charge in [-0.1, -0.05) is 30.3 Å². The van der Waals surface area contributed by atoms with E-state index in [4.69, 9.17) is 5.73 Å². The molecular formula is C16H24N4O2. The number of ketones is 1. The van der Waals surface area contributed by atoms with E-state index in [0.717, 1.165) is 12.0 Å². The van der Waals surface area contributed by atoms with Crippen molar-refractivity contribution in [1.82, 2.24) is 15.5 Å². The van der Waals surface area contributed by atoms with E-state index in [-0.39, 0.29) is 18.4 Å². The molecule has 6 nitrogen and oxygen atoms in total. The molecule has 120 valence electrons. The number of Topliss-reactive ketones (excluding diaryl/α,β-unsaturated/α-hetero) is 1. The molecule has 1 aromatic rings. The van der Waals surface area contributed by atoms with Crippen molar-refractivity contribution < 1.29 is 9.59 Å². The second kappa shape index (κ2) is 7.38. The normalized spacial score (nSPS) is 21.5. The third kappa shape index (κ3) is 3.28. The average Bonchev–Trinajstić information content (AvgIpc) is 2.59. The fourth-order valence-electron chi connectivity index (χ4n) is 3.02. The van der Waals surface area contributed by atoms with Gasteiger partial charge in [0, 0.05) is 26.7 Å². The SMILES string of the molecule is CNC(=O)N1CCNC[C@@]1(CCc1ccccc1)C(=O)CN. The Labute approximate surface area is 131 Å². The van der Waals surface area contributed by atoms with Crippen LogP contribution in [0.1, 0.15) is 12.0 Å². The lowest BCUT2D eigenvalue weighted by Gasteiger charge is -2.46. The summed E-state index contributed by atoms with van der Waals surface area (Å²) < 4.78 is 0. The largest absolute Gasteiger partial charge is 0.341 e. The first-order valence-electron chi connectivity index (χ1n) is 7.61. The number of hydrogen-bond acceptors (Lipinski definition) is 4. The second-order valence-corrected chi connectivity index (χ2v) is 5.53. The van der Waals surface area contributed by atoms with E-state index in [1.165, 1.54) is 0 Å². The Balaban J connectivity index is 2.25. The van der Waals surface area contributed by atoms with Crippen LogP contribution in [0.3, 0.4) is 0 Å². The van der Waals surface area contributed by atoms with Gasteiger partial charge in [-0.3, -0.25) is 4.79 Å². The van der Waals surface area contributed by atoms with Crippen LogP contribution in [-0.4, -0.2) is 55.5 Å². The fourth-order valence-corrected chi connectivity index (χ4v) is 3.02. The highest BCUT2D eigenvalue weighted by Crippen LogP contribution is 2.25. The van der Waals surface area contributed by atoms with Crippen LogP contribution in [0, 0.1) is 0 Å². The molecule has 1 aliphatic heterocycles. The van der Waals surface area contributed by atoms with Crippen molar-refractivity contribution in [1.29, 1.82) is 0 Å². The molecule has 1 fully saturated rings. The predicted octanol–water partition coefficient (Wildman–Crippen LogP) is 0.130. The minimum Gasteiger partial charge on any atom is -0.341 e. The zero-order valence-corrected chi connectivity index (χ0v) is 13.0. The summed E-state index contributed by atoms with van der Waals surface area (Å²) in [4.78, 5) is 26.4. The Morgan fingerprint density at radius 2 is 2.09 bits per heavy atom. The number of nitrogens with two attached hydrogens (primary N) is 1. The highest BCUT2D eigenvalue weighted by atomic mass is 16.2. The molecule has 1 heterocycles. The number of hydrogen-bond donors (Lipinski definition) is 3. The maximum absolute atomic E-state index is 12.6. The molecule has 0 saturated carbocycles. The van der Waals surface area contributed by atoms with E-state index in [9.17, 15) is 9.59 Å². The molecule has 0 spiro atoms. The Morgan fingerprint density at radius 3 is 2.73 bits per heavy atom. The molecule has 6 heteroatoms. The minimum absolute atomic E-state index is 0.0655. The van der Waals surface area contributed by atoms with Crippen LogP contribution in [-0.2, 0) is 11.2 Å². The molecule has 0 aromatic heterocycles. The van der Waals surface area contributed by atoms with Gasteiger partial charge in [-0.25, -0.2) is 4.79 Å². The number of amides is 2. The van der Waals surface area contributed by atoms with Gasteiger partial charge in [0.1, 0.15) is 5.54 Å². The Bertz CT molecular complexity index is 520. The first-order chi connectivity index (χ1) is 10.6. The highest BCUT2D eigenvalue weighted by Gasteiger charge is 2.46. The van der Waals surface area contributed by atoms with Gasteiger partial charge in [-0.2, -0.15) is 0 Å². The summed E-state index contributed by atoms with van der Waals surface area (Å²) in [6.45, 7) is 1.56. The van der Waals surface area contributed by atoms with Gasteiger partial charge in [-0.05, 0) is 18.4 Å². The van der Waals surface area contributed by atoms with E-state index >= 15 is 0 Å². The summed E-state index contributed by atoms with van der Waals surface area (Å²) in [5, 5.41) is 5.87. The summed E-state index contributed by atoms with van der Waals surface area (Å²) in [6, 6.07) is 9.74. The van der Waals surface area contributed by atoms with Gasteiger partial charge in [0.2, 0.25) is 0 Å². The lowest BCUT2D eigenvalue weighted by atomic mass is 9.83. The number of carbonyl (C=O) groups excluding carboxylic acids is 2. The zero-order valence-electron chi connectivity index (χ0n) is 13.0. The smallest absolute Gasteiger partial charge is 0.318 e. The molecule has 1 aliphatic rings. The summed E-state index contributed by atoms with van der Waals surface area (Å²) in [6.07, 6.45) is 1.29. The van der Waals surface area contributed by atoms with Crippen LogP contribution >= 0.6 is 0 Å². The van der Waals surface area contributed by atoms with Crippen molar-refractivity contribution in [3.8, 4) is 0 Å². The Morgan fingerprint density at radius 1 is 1.36 bits per heavy atom. The predicted molar refractivity (Wildman–Crippen MR) is 85.6 cm³/mol. The van der Waals surface area contributed by atoms with Crippen molar-refractivity contribution in [3.63, 3.8) is 0 Å². The van der Waals surface area contributed by atoms with E-state index in [1.54, 1.807) is 11.9 Å². The number of nitrogens with zero attached hydrogens (tertiary/aromatic N) is 1. The molecule has 22 heavy (non-hydrogen) atoms. The van der Waals surface area contributed by atoms with Crippen LogP contribution in [0.5, 0.6) is 0 Å². The van der Waals surface area contributed by atoms with Crippen LogP contribution in [0.4, 0.5) is 4.79 Å². The quantitative estimate of drug-likeness (QED) is 0.721. The van der Waals surface area contributed by atoms with Crippen molar-refractivity contribution in [3.05, 3.63) is 35.9 Å². The molecule has 2 amide bonds. The van der Waals surface area contributed by atoms with Crippen molar-refractivity contribution in [2.75, 3.05) is 33.2 Å². The van der Waals surface area contributed by atoms with Crippen LogP contribution < -0.4 is 16.4 Å². The molecule has 2 rings (SSSR count). The van der Waals surface area contributed by atoms with Crippen molar-refractivity contribution in [2.45, 2.75) is 18.4 Å². The van der Waals surface area contributed by atoms with Crippen LogP contribution in [0.25, 0.3) is 0 Å². The maximum atomic E-state index is 12.6. The number of carbonyl (C=O) groups is 2. The van der Waals surface area contributed by atoms with Gasteiger partial charge >= 0.3 is 6.03 Å². The molecule has 1 aromatic carbocycles. The van der Waals surface area contributed by atoms with E-state index < -0.39 is 5.54 Å². The first-order valence-corrected chi connectivity index (χ1v) is 7.61. The number of urea groups is 1. The highest BCUT2D eigenvalue weighted by molar-refractivity contribution is 5.94. The summed E-state index contributed by atoms with van der Waals surface area (Å²) in [5.41, 5.74) is 5.90. The fraction of sp³-hybridized carbons (Fsp3) is 0.500. The molecule has 4 N–H and O–H groups in total. The topological polar surface area (TPSA) is 87.5 Å². The average molecular weight is 304 g/mol. The molecule has 0 aliphatic carbocycles. The third-order valence-corrected chi connectivity index (χ3v) is 4.28.